The number of terminal acetylenes is 1. The van der Waals surface area contributed by atoms with Gasteiger partial charge in [-0.3, -0.25) is 0 Å². The van der Waals surface area contributed by atoms with Crippen LogP contribution in [-0.2, 0) is 0 Å². The van der Waals surface area contributed by atoms with E-state index in [1.807, 2.05) is 0 Å². The highest BCUT2D eigenvalue weighted by Gasteiger charge is 2.41. The lowest BCUT2D eigenvalue weighted by Crippen LogP contribution is -2.43. The molecule has 0 unspecified atom stereocenters. The average molecular weight is 383 g/mol. The van der Waals surface area contributed by atoms with Gasteiger partial charge in [-0.2, -0.15) is 0 Å². The summed E-state index contributed by atoms with van der Waals surface area (Å²) in [6.07, 6.45) is 5.92. The van der Waals surface area contributed by atoms with Gasteiger partial charge in [0.25, 0.3) is 0 Å². The summed E-state index contributed by atoms with van der Waals surface area (Å²) in [6, 6.07) is 16.9. The van der Waals surface area contributed by atoms with Crippen LogP contribution < -0.4 is 0 Å². The predicted molar refractivity (Wildman–Crippen MR) is 127 cm³/mol. The fourth-order valence-electron chi connectivity index (χ4n) is 5.02. The molecular weight excluding hydrogens is 352 g/mol. The highest BCUT2D eigenvalue weighted by molar-refractivity contribution is 6.90. The minimum Gasteiger partial charge on any atom is -0.125 e. The molecule has 0 aliphatic carbocycles. The third kappa shape index (κ3) is 3.15. The van der Waals surface area contributed by atoms with Gasteiger partial charge < -0.3 is 0 Å². The largest absolute Gasteiger partial charge is 0.146 e. The third-order valence-corrected chi connectivity index (χ3v) is 12.6. The van der Waals surface area contributed by atoms with Crippen molar-refractivity contribution in [1.29, 1.82) is 0 Å². The van der Waals surface area contributed by atoms with Gasteiger partial charge in [-0.05, 0) is 38.2 Å². The highest BCUT2D eigenvalue weighted by Crippen LogP contribution is 2.41. The van der Waals surface area contributed by atoms with Crippen LogP contribution in [0.5, 0.6) is 0 Å². The smallest absolute Gasteiger partial charge is 0.125 e. The Balaban J connectivity index is 2.42. The first-order valence-electron chi connectivity index (χ1n) is 10.3. The molecule has 0 atom stereocenters. The molecule has 0 aromatic heterocycles. The van der Waals surface area contributed by atoms with Crippen LogP contribution in [0, 0.1) is 23.8 Å². The summed E-state index contributed by atoms with van der Waals surface area (Å²) in [5, 5.41) is 4.58. The zero-order valence-corrected chi connectivity index (χ0v) is 18.9. The second-order valence-electron chi connectivity index (χ2n) is 8.63. The molecule has 0 aliphatic rings. The van der Waals surface area contributed by atoms with Gasteiger partial charge in [0.2, 0.25) is 0 Å². The summed E-state index contributed by atoms with van der Waals surface area (Å²) in [7, 11) is -1.81. The molecule has 0 nitrogen and oxygen atoms in total. The molecule has 0 fully saturated rings. The van der Waals surface area contributed by atoms with Crippen molar-refractivity contribution in [1.82, 2.24) is 0 Å². The van der Waals surface area contributed by atoms with Crippen LogP contribution >= 0.6 is 0 Å². The van der Waals surface area contributed by atoms with Crippen molar-refractivity contribution >= 4 is 29.6 Å². The fraction of sp³-hybridized carbons (Fsp3) is 0.333. The second kappa shape index (κ2) is 7.87. The molecule has 0 radical (unpaired) electrons. The molecule has 0 saturated heterocycles. The summed E-state index contributed by atoms with van der Waals surface area (Å²) < 4.78 is 0. The van der Waals surface area contributed by atoms with Gasteiger partial charge in [0.15, 0.2) is 0 Å². The maximum Gasteiger partial charge on any atom is 0.146 e. The molecule has 142 valence electrons. The summed E-state index contributed by atoms with van der Waals surface area (Å²) in [5.74, 6) is 6.64. The molecule has 0 spiro atoms. The van der Waals surface area contributed by atoms with E-state index in [0.717, 1.165) is 21.9 Å². The van der Waals surface area contributed by atoms with E-state index in [0.29, 0.717) is 16.6 Å². The topological polar surface area (TPSA) is 0 Å². The molecule has 0 saturated carbocycles. The number of hydrogen-bond acceptors (Lipinski definition) is 0. The Labute approximate surface area is 171 Å². The van der Waals surface area contributed by atoms with E-state index < -0.39 is 8.07 Å². The Morgan fingerprint density at radius 2 is 1.00 bits per heavy atom. The molecular formula is C27H30Si. The lowest BCUT2D eigenvalue weighted by Gasteiger charge is -2.38. The average Bonchev–Trinajstić information content (AvgIpc) is 2.66. The molecule has 3 aromatic carbocycles. The summed E-state index contributed by atoms with van der Waals surface area (Å²) in [4.78, 5) is 0. The Morgan fingerprint density at radius 1 is 0.643 bits per heavy atom. The van der Waals surface area contributed by atoms with Gasteiger partial charge in [-0.15, -0.1) is 12.0 Å². The van der Waals surface area contributed by atoms with Gasteiger partial charge >= 0.3 is 0 Å². The van der Waals surface area contributed by atoms with Gasteiger partial charge in [-0.1, -0.05) is 102 Å². The molecule has 1 heteroatoms. The lowest BCUT2D eigenvalue weighted by molar-refractivity contribution is 0.838. The normalized spacial score (nSPS) is 11.9. The van der Waals surface area contributed by atoms with Crippen molar-refractivity contribution in [2.75, 3.05) is 0 Å². The van der Waals surface area contributed by atoms with Crippen molar-refractivity contribution in [3.63, 3.8) is 0 Å². The first kappa shape index (κ1) is 20.3. The van der Waals surface area contributed by atoms with Crippen LogP contribution in [0.25, 0.3) is 21.5 Å². The number of fused-ring (bicyclic) bond motifs is 2. The molecule has 28 heavy (non-hydrogen) atoms. The Morgan fingerprint density at radius 3 is 1.32 bits per heavy atom. The van der Waals surface area contributed by atoms with Crippen molar-refractivity contribution < 1.29 is 0 Å². The van der Waals surface area contributed by atoms with E-state index in [9.17, 15) is 0 Å². The van der Waals surface area contributed by atoms with E-state index >= 15 is 0 Å². The Bertz CT molecular complexity index is 1040. The SMILES string of the molecule is C#Cc1c2ccccc2c(C#C[Si](C(C)C)(C(C)C)C(C)C)c2ccccc12. The van der Waals surface area contributed by atoms with E-state index in [2.05, 4.69) is 107 Å². The zero-order valence-electron chi connectivity index (χ0n) is 17.9. The first-order valence-corrected chi connectivity index (χ1v) is 12.5. The number of rotatable bonds is 3. The van der Waals surface area contributed by atoms with Crippen LogP contribution in [0.15, 0.2) is 48.5 Å². The van der Waals surface area contributed by atoms with Crippen molar-refractivity contribution in [3.8, 4) is 23.8 Å². The number of benzene rings is 3. The van der Waals surface area contributed by atoms with Crippen LogP contribution in [0.1, 0.15) is 52.7 Å². The van der Waals surface area contributed by atoms with E-state index in [-0.39, 0.29) is 0 Å². The van der Waals surface area contributed by atoms with Crippen molar-refractivity contribution in [3.05, 3.63) is 59.7 Å². The molecule has 3 aromatic rings. The fourth-order valence-corrected chi connectivity index (χ4v) is 10.2. The van der Waals surface area contributed by atoms with Crippen molar-refractivity contribution in [2.45, 2.75) is 58.2 Å². The van der Waals surface area contributed by atoms with Gasteiger partial charge in [0.1, 0.15) is 8.07 Å². The Hall–Kier alpha value is -2.48. The van der Waals surface area contributed by atoms with Crippen LogP contribution in [-0.4, -0.2) is 8.07 Å². The lowest BCUT2D eigenvalue weighted by atomic mass is 9.92. The summed E-state index contributed by atoms with van der Waals surface area (Å²) in [5.41, 5.74) is 7.85. The Kier molecular flexibility index (Phi) is 5.69. The maximum absolute atomic E-state index is 5.92. The van der Waals surface area contributed by atoms with Crippen molar-refractivity contribution in [2.24, 2.45) is 0 Å². The number of hydrogen-bond donors (Lipinski definition) is 0. The second-order valence-corrected chi connectivity index (χ2v) is 14.2. The van der Waals surface area contributed by atoms with E-state index in [4.69, 9.17) is 6.42 Å². The van der Waals surface area contributed by atoms with Gasteiger partial charge in [0, 0.05) is 11.1 Å². The molecule has 3 rings (SSSR count). The quantitative estimate of drug-likeness (QED) is 0.249. The first-order chi connectivity index (χ1) is 13.3. The minimum atomic E-state index is -1.81. The highest BCUT2D eigenvalue weighted by atomic mass is 28.3. The van der Waals surface area contributed by atoms with Crippen LogP contribution in [0.3, 0.4) is 0 Å². The monoisotopic (exact) mass is 382 g/mol. The van der Waals surface area contributed by atoms with E-state index in [1.54, 1.807) is 0 Å². The third-order valence-electron chi connectivity index (χ3n) is 6.35. The molecule has 0 heterocycles. The van der Waals surface area contributed by atoms with Gasteiger partial charge in [-0.25, -0.2) is 0 Å². The van der Waals surface area contributed by atoms with E-state index in [1.165, 1.54) is 10.8 Å². The molecule has 0 aliphatic heterocycles. The maximum atomic E-state index is 5.92. The minimum absolute atomic E-state index is 0.613. The zero-order chi connectivity index (χ0) is 20.5. The van der Waals surface area contributed by atoms with Crippen LogP contribution in [0.4, 0.5) is 0 Å². The van der Waals surface area contributed by atoms with Gasteiger partial charge in [0.05, 0.1) is 0 Å². The molecule has 0 amide bonds. The summed E-state index contributed by atoms with van der Waals surface area (Å²) >= 11 is 0. The standard InChI is InChI=1S/C27H30Si/c1-8-22-23-13-9-11-15-25(23)27(26-16-12-10-14-24(22)26)17-18-28(19(2)3,20(4)5)21(6)7/h1,9-16,19-21H,2-7H3. The van der Waals surface area contributed by atoms with Crippen LogP contribution in [0.2, 0.25) is 16.6 Å². The predicted octanol–water partition coefficient (Wildman–Crippen LogP) is 7.54. The molecule has 0 bridgehead atoms. The molecule has 0 N–H and O–H groups in total. The summed E-state index contributed by atoms with van der Waals surface area (Å²) in [6.45, 7) is 14.2.